The van der Waals surface area contributed by atoms with Crippen molar-refractivity contribution in [1.82, 2.24) is 0 Å². The van der Waals surface area contributed by atoms with E-state index in [-0.39, 0.29) is 17.7 Å². The summed E-state index contributed by atoms with van der Waals surface area (Å²) < 4.78 is 4.66. The highest BCUT2D eigenvalue weighted by Gasteiger charge is 2.15. The molecule has 0 aliphatic rings. The second-order valence-electron chi connectivity index (χ2n) is 3.40. The summed E-state index contributed by atoms with van der Waals surface area (Å²) in [7, 11) is 0. The average Bonchev–Trinajstić information content (AvgIpc) is 2.37. The Hall–Kier alpha value is -2.88. The molecule has 0 bridgehead atoms. The number of carbonyl (C=O) groups is 1. The molecule has 1 aromatic rings. The maximum absolute atomic E-state index is 11.4. The first-order valence-electron chi connectivity index (χ1n) is 5.26. The van der Waals surface area contributed by atoms with E-state index < -0.39 is 22.3 Å². The molecule has 0 heterocycles. The summed E-state index contributed by atoms with van der Waals surface area (Å²) >= 11 is 0. The zero-order valence-corrected chi connectivity index (χ0v) is 9.99. The fraction of sp³-hybridized carbons (Fsp3) is 0.167. The number of ether oxygens (including phenoxy) is 1. The quantitative estimate of drug-likeness (QED) is 0.291. The van der Waals surface area contributed by atoms with Crippen molar-refractivity contribution >= 4 is 17.7 Å². The third-order valence-electron chi connectivity index (χ3n) is 2.12. The van der Waals surface area contributed by atoms with Crippen molar-refractivity contribution in [1.29, 1.82) is 5.26 Å². The molecule has 1 N–H and O–H groups in total. The average molecular weight is 262 g/mol. The van der Waals surface area contributed by atoms with Gasteiger partial charge < -0.3 is 9.84 Å². The van der Waals surface area contributed by atoms with Gasteiger partial charge in [-0.1, -0.05) is 6.07 Å². The number of nitrogens with zero attached hydrogens (tertiary/aromatic N) is 2. The third kappa shape index (κ3) is 3.54. The largest absolute Gasteiger partial charge is 0.502 e. The number of nitro groups is 1. The van der Waals surface area contributed by atoms with E-state index in [4.69, 9.17) is 5.26 Å². The van der Waals surface area contributed by atoms with Crippen LogP contribution < -0.4 is 0 Å². The second kappa shape index (κ2) is 6.16. The lowest BCUT2D eigenvalue weighted by Gasteiger charge is -2.00. The Morgan fingerprint density at radius 2 is 2.32 bits per heavy atom. The molecule has 7 nitrogen and oxygen atoms in total. The van der Waals surface area contributed by atoms with Gasteiger partial charge >= 0.3 is 11.7 Å². The number of phenols is 1. The first-order valence-corrected chi connectivity index (χ1v) is 5.26. The molecule has 0 amide bonds. The van der Waals surface area contributed by atoms with Crippen LogP contribution >= 0.6 is 0 Å². The van der Waals surface area contributed by atoms with E-state index in [1.807, 2.05) is 0 Å². The summed E-state index contributed by atoms with van der Waals surface area (Å²) in [6.45, 7) is 1.71. The van der Waals surface area contributed by atoms with E-state index >= 15 is 0 Å². The van der Waals surface area contributed by atoms with Gasteiger partial charge in [0.15, 0.2) is 5.75 Å². The molecule has 0 radical (unpaired) electrons. The van der Waals surface area contributed by atoms with E-state index in [0.717, 1.165) is 18.2 Å². The molecule has 0 aromatic heterocycles. The van der Waals surface area contributed by atoms with Crippen LogP contribution in [0.1, 0.15) is 12.5 Å². The van der Waals surface area contributed by atoms with Crippen molar-refractivity contribution < 1.29 is 19.6 Å². The van der Waals surface area contributed by atoms with Crippen molar-refractivity contribution in [2.75, 3.05) is 6.61 Å². The Morgan fingerprint density at radius 1 is 1.63 bits per heavy atom. The monoisotopic (exact) mass is 262 g/mol. The van der Waals surface area contributed by atoms with E-state index in [1.54, 1.807) is 13.0 Å². The molecule has 0 aliphatic heterocycles. The van der Waals surface area contributed by atoms with E-state index in [0.29, 0.717) is 0 Å². The summed E-state index contributed by atoms with van der Waals surface area (Å²) in [5.74, 6) is -1.29. The maximum Gasteiger partial charge on any atom is 0.348 e. The molecule has 1 rings (SSSR count). The molecule has 0 saturated carbocycles. The molecule has 0 fully saturated rings. The minimum absolute atomic E-state index is 0.119. The Kier molecular flexibility index (Phi) is 4.60. The molecule has 98 valence electrons. The van der Waals surface area contributed by atoms with Crippen LogP contribution in [-0.4, -0.2) is 22.6 Å². The Labute approximate surface area is 108 Å². The number of nitro benzene ring substituents is 1. The van der Waals surface area contributed by atoms with Crippen LogP contribution in [0.4, 0.5) is 5.69 Å². The lowest BCUT2D eigenvalue weighted by atomic mass is 10.1. The lowest BCUT2D eigenvalue weighted by Crippen LogP contribution is -2.06. The molecule has 0 saturated heterocycles. The zero-order valence-electron chi connectivity index (χ0n) is 9.99. The van der Waals surface area contributed by atoms with Gasteiger partial charge in [0.2, 0.25) is 0 Å². The number of hydrogen-bond donors (Lipinski definition) is 1. The predicted molar refractivity (Wildman–Crippen MR) is 65.0 cm³/mol. The van der Waals surface area contributed by atoms with Crippen LogP contribution in [0.5, 0.6) is 5.75 Å². The van der Waals surface area contributed by atoms with Crippen LogP contribution in [0.3, 0.4) is 0 Å². The third-order valence-corrected chi connectivity index (χ3v) is 2.12. The topological polar surface area (TPSA) is 113 Å². The summed E-state index contributed by atoms with van der Waals surface area (Å²) in [6.07, 6.45) is 1.16. The molecular formula is C12H10N2O5. The van der Waals surface area contributed by atoms with Gasteiger partial charge in [-0.3, -0.25) is 10.1 Å². The number of rotatable bonds is 4. The summed E-state index contributed by atoms with van der Waals surface area (Å²) in [5.41, 5.74) is -0.536. The number of aromatic hydroxyl groups is 1. The van der Waals surface area contributed by atoms with Gasteiger partial charge in [-0.15, -0.1) is 0 Å². The Morgan fingerprint density at radius 3 is 2.84 bits per heavy atom. The molecular weight excluding hydrogens is 252 g/mol. The molecule has 0 atom stereocenters. The van der Waals surface area contributed by atoms with Gasteiger partial charge in [-0.05, 0) is 24.6 Å². The van der Waals surface area contributed by atoms with Crippen molar-refractivity contribution in [3.05, 3.63) is 39.4 Å². The number of carbonyl (C=O) groups excluding carboxylic acids is 1. The van der Waals surface area contributed by atoms with Gasteiger partial charge in [-0.2, -0.15) is 5.26 Å². The maximum atomic E-state index is 11.4. The van der Waals surface area contributed by atoms with E-state index in [1.165, 1.54) is 6.07 Å². The summed E-state index contributed by atoms with van der Waals surface area (Å²) in [6, 6.07) is 5.18. The van der Waals surface area contributed by atoms with Crippen molar-refractivity contribution in [2.45, 2.75) is 6.92 Å². The first-order chi connectivity index (χ1) is 8.99. The summed E-state index contributed by atoms with van der Waals surface area (Å²) in [5, 5.41) is 28.7. The minimum Gasteiger partial charge on any atom is -0.502 e. The highest BCUT2D eigenvalue weighted by Crippen LogP contribution is 2.27. The number of hydrogen-bond acceptors (Lipinski definition) is 6. The standard InChI is InChI=1S/C12H10N2O5/c1-2-19-12(16)9(7-13)5-8-3-4-11(15)10(6-8)14(17)18/h3-6,15H,2H2,1H3/b9-5-. The summed E-state index contributed by atoms with van der Waals surface area (Å²) in [4.78, 5) is 21.2. The number of nitriles is 1. The van der Waals surface area contributed by atoms with Crippen LogP contribution in [0, 0.1) is 21.4 Å². The number of benzene rings is 1. The van der Waals surface area contributed by atoms with E-state index in [9.17, 15) is 20.0 Å². The van der Waals surface area contributed by atoms with Gasteiger partial charge in [0.1, 0.15) is 11.6 Å². The molecule has 0 unspecified atom stereocenters. The molecule has 0 aliphatic carbocycles. The van der Waals surface area contributed by atoms with Crippen LogP contribution in [0.15, 0.2) is 23.8 Å². The second-order valence-corrected chi connectivity index (χ2v) is 3.40. The highest BCUT2D eigenvalue weighted by atomic mass is 16.6. The highest BCUT2D eigenvalue weighted by molar-refractivity contribution is 5.98. The fourth-order valence-corrected chi connectivity index (χ4v) is 1.29. The molecule has 1 aromatic carbocycles. The van der Waals surface area contributed by atoms with Gasteiger partial charge in [-0.25, -0.2) is 4.79 Å². The van der Waals surface area contributed by atoms with E-state index in [2.05, 4.69) is 4.74 Å². The minimum atomic E-state index is -0.805. The lowest BCUT2D eigenvalue weighted by molar-refractivity contribution is -0.385. The predicted octanol–water partition coefficient (Wildman–Crippen LogP) is 1.77. The van der Waals surface area contributed by atoms with Gasteiger partial charge in [0, 0.05) is 6.07 Å². The normalized spacial score (nSPS) is 10.6. The zero-order chi connectivity index (χ0) is 14.4. The van der Waals surface area contributed by atoms with Crippen molar-refractivity contribution in [3.8, 4) is 11.8 Å². The first kappa shape index (κ1) is 14.2. The number of phenolic OH excluding ortho intramolecular Hbond substituents is 1. The van der Waals surface area contributed by atoms with Crippen LogP contribution in [0.2, 0.25) is 0 Å². The molecule has 0 spiro atoms. The Balaban J connectivity index is 3.17. The van der Waals surface area contributed by atoms with Crippen molar-refractivity contribution in [3.63, 3.8) is 0 Å². The van der Waals surface area contributed by atoms with Crippen molar-refractivity contribution in [2.24, 2.45) is 0 Å². The van der Waals surface area contributed by atoms with Crippen LogP contribution in [-0.2, 0) is 9.53 Å². The molecule has 19 heavy (non-hydrogen) atoms. The number of esters is 1. The fourth-order valence-electron chi connectivity index (χ4n) is 1.29. The SMILES string of the molecule is CCOC(=O)/C(C#N)=C\c1ccc(O)c([N+](=O)[O-])c1. The van der Waals surface area contributed by atoms with Gasteiger partial charge in [0.25, 0.3) is 0 Å². The smallest absolute Gasteiger partial charge is 0.348 e. The van der Waals surface area contributed by atoms with Gasteiger partial charge in [0.05, 0.1) is 11.5 Å². The molecule has 7 heteroatoms. The Bertz CT molecular complexity index is 586. The van der Waals surface area contributed by atoms with Crippen LogP contribution in [0.25, 0.3) is 6.08 Å².